The molecular weight excluding hydrogens is 298 g/mol. The molecule has 3 heterocycles. The molecule has 2 aromatic heterocycles. The lowest BCUT2D eigenvalue weighted by molar-refractivity contribution is -0.134. The van der Waals surface area contributed by atoms with E-state index in [0.29, 0.717) is 12.8 Å². The molecule has 0 aromatic carbocycles. The van der Waals surface area contributed by atoms with Crippen LogP contribution in [0.4, 0.5) is 0 Å². The van der Waals surface area contributed by atoms with Gasteiger partial charge in [0.2, 0.25) is 11.8 Å². The number of nitrogens with one attached hydrogen (secondary N) is 1. The summed E-state index contributed by atoms with van der Waals surface area (Å²) in [6, 6.07) is 3.82. The number of hydrogen-bond acceptors (Lipinski definition) is 3. The van der Waals surface area contributed by atoms with Gasteiger partial charge in [-0.2, -0.15) is 5.10 Å². The van der Waals surface area contributed by atoms with E-state index in [1.165, 1.54) is 0 Å². The number of carbonyl (C=O) groups excluding carboxylic acids is 2. The highest BCUT2D eigenvalue weighted by Gasteiger charge is 2.29. The molecule has 2 aromatic rings. The summed E-state index contributed by atoms with van der Waals surface area (Å²) in [5.74, 6) is -0.721. The molecule has 6 heteroatoms. The van der Waals surface area contributed by atoms with E-state index in [1.807, 2.05) is 18.3 Å². The molecule has 1 atom stereocenters. The van der Waals surface area contributed by atoms with Crippen molar-refractivity contribution in [2.24, 2.45) is 0 Å². The van der Waals surface area contributed by atoms with Crippen LogP contribution in [0.1, 0.15) is 24.3 Å². The monoisotopic (exact) mass is 307 g/mol. The predicted molar refractivity (Wildman–Crippen MR) is 68.0 cm³/mol. The van der Waals surface area contributed by atoms with E-state index < -0.39 is 0 Å². The lowest BCUT2D eigenvalue weighted by Crippen LogP contribution is -2.39. The van der Waals surface area contributed by atoms with E-state index in [2.05, 4.69) is 26.3 Å². The number of imide groups is 1. The number of fused-ring (bicyclic) bond motifs is 1. The third-order valence-electron chi connectivity index (χ3n) is 3.12. The largest absolute Gasteiger partial charge is 0.296 e. The Morgan fingerprint density at radius 3 is 3.00 bits per heavy atom. The first-order valence-corrected chi connectivity index (χ1v) is 6.41. The van der Waals surface area contributed by atoms with E-state index in [0.717, 1.165) is 15.6 Å². The van der Waals surface area contributed by atoms with Crippen LogP contribution in [0.5, 0.6) is 0 Å². The predicted octanol–water partition coefficient (Wildman–Crippen LogP) is 1.62. The molecule has 1 N–H and O–H groups in total. The number of carbonyl (C=O) groups is 2. The zero-order valence-corrected chi connectivity index (χ0v) is 11.0. The van der Waals surface area contributed by atoms with Crippen molar-refractivity contribution < 1.29 is 9.59 Å². The van der Waals surface area contributed by atoms with Gasteiger partial charge in [-0.25, -0.2) is 4.52 Å². The van der Waals surface area contributed by atoms with Gasteiger partial charge in [0.1, 0.15) is 0 Å². The number of aromatic nitrogens is 2. The molecule has 1 unspecified atom stereocenters. The van der Waals surface area contributed by atoms with Crippen LogP contribution >= 0.6 is 15.9 Å². The second-order valence-corrected chi connectivity index (χ2v) is 5.20. The SMILES string of the molecule is O=C1CCC(c2cnn3cc(Br)ccc23)C(=O)N1. The summed E-state index contributed by atoms with van der Waals surface area (Å²) in [6.07, 6.45) is 4.46. The molecule has 2 amide bonds. The van der Waals surface area contributed by atoms with Crippen LogP contribution in [0.3, 0.4) is 0 Å². The molecule has 18 heavy (non-hydrogen) atoms. The van der Waals surface area contributed by atoms with Gasteiger partial charge in [0.05, 0.1) is 17.6 Å². The van der Waals surface area contributed by atoms with Crippen LogP contribution in [0.2, 0.25) is 0 Å². The van der Waals surface area contributed by atoms with Gasteiger partial charge in [-0.3, -0.25) is 14.9 Å². The Labute approximate surface area is 111 Å². The quantitative estimate of drug-likeness (QED) is 0.814. The summed E-state index contributed by atoms with van der Waals surface area (Å²) in [4.78, 5) is 23.0. The number of nitrogens with zero attached hydrogens (tertiary/aromatic N) is 2. The molecule has 1 aliphatic rings. The summed E-state index contributed by atoms with van der Waals surface area (Å²) >= 11 is 3.37. The van der Waals surface area contributed by atoms with Gasteiger partial charge in [0.15, 0.2) is 0 Å². The molecule has 1 aliphatic heterocycles. The molecular formula is C12H10BrN3O2. The van der Waals surface area contributed by atoms with Crippen LogP contribution in [0, 0.1) is 0 Å². The molecule has 1 saturated heterocycles. The standard InChI is InChI=1S/C12H10BrN3O2/c13-7-1-3-10-9(5-14-16(10)6-7)8-2-4-11(17)15-12(8)18/h1,3,5-6,8H,2,4H2,(H,15,17,18). The van der Waals surface area contributed by atoms with Crippen molar-refractivity contribution in [3.05, 3.63) is 34.6 Å². The van der Waals surface area contributed by atoms with Crippen molar-refractivity contribution in [1.29, 1.82) is 0 Å². The minimum absolute atomic E-state index is 0.199. The van der Waals surface area contributed by atoms with E-state index in [9.17, 15) is 9.59 Å². The zero-order chi connectivity index (χ0) is 12.7. The van der Waals surface area contributed by atoms with Crippen molar-refractivity contribution >= 4 is 33.3 Å². The summed E-state index contributed by atoms with van der Waals surface area (Å²) in [7, 11) is 0. The first kappa shape index (κ1) is 11.4. The number of amides is 2. The molecule has 5 nitrogen and oxygen atoms in total. The summed E-state index contributed by atoms with van der Waals surface area (Å²) < 4.78 is 2.65. The Morgan fingerprint density at radius 2 is 2.22 bits per heavy atom. The van der Waals surface area contributed by atoms with Gasteiger partial charge >= 0.3 is 0 Å². The number of halogens is 1. The fourth-order valence-corrected chi connectivity index (χ4v) is 2.56. The summed E-state index contributed by atoms with van der Waals surface area (Å²) in [5, 5.41) is 6.60. The molecule has 0 radical (unpaired) electrons. The van der Waals surface area contributed by atoms with Crippen molar-refractivity contribution in [2.45, 2.75) is 18.8 Å². The third kappa shape index (κ3) is 1.82. The van der Waals surface area contributed by atoms with E-state index in [-0.39, 0.29) is 17.7 Å². The smallest absolute Gasteiger partial charge is 0.234 e. The summed E-state index contributed by atoms with van der Waals surface area (Å²) in [6.45, 7) is 0. The number of rotatable bonds is 1. The lowest BCUT2D eigenvalue weighted by Gasteiger charge is -2.19. The van der Waals surface area contributed by atoms with Crippen molar-refractivity contribution in [1.82, 2.24) is 14.9 Å². The highest BCUT2D eigenvalue weighted by Crippen LogP contribution is 2.28. The van der Waals surface area contributed by atoms with Crippen LogP contribution in [-0.2, 0) is 9.59 Å². The van der Waals surface area contributed by atoms with Gasteiger partial charge in [0, 0.05) is 22.7 Å². The fraction of sp³-hybridized carbons (Fsp3) is 0.250. The Balaban J connectivity index is 2.04. The topological polar surface area (TPSA) is 63.5 Å². The zero-order valence-electron chi connectivity index (χ0n) is 9.39. The Kier molecular flexibility index (Phi) is 2.66. The minimum atomic E-state index is -0.290. The Bertz CT molecular complexity index is 650. The first-order valence-electron chi connectivity index (χ1n) is 5.61. The maximum absolute atomic E-state index is 11.8. The van der Waals surface area contributed by atoms with E-state index >= 15 is 0 Å². The third-order valence-corrected chi connectivity index (χ3v) is 3.59. The molecule has 0 bridgehead atoms. The maximum atomic E-state index is 11.8. The highest BCUT2D eigenvalue weighted by atomic mass is 79.9. The highest BCUT2D eigenvalue weighted by molar-refractivity contribution is 9.10. The van der Waals surface area contributed by atoms with E-state index in [1.54, 1.807) is 10.7 Å². The van der Waals surface area contributed by atoms with Gasteiger partial charge in [-0.1, -0.05) is 0 Å². The second-order valence-electron chi connectivity index (χ2n) is 4.28. The fourth-order valence-electron chi connectivity index (χ4n) is 2.24. The lowest BCUT2D eigenvalue weighted by atomic mass is 9.91. The molecule has 0 spiro atoms. The van der Waals surface area contributed by atoms with Gasteiger partial charge in [-0.05, 0) is 34.5 Å². The summed E-state index contributed by atoms with van der Waals surface area (Å²) in [5.41, 5.74) is 1.76. The molecule has 92 valence electrons. The maximum Gasteiger partial charge on any atom is 0.234 e. The number of piperidine rings is 1. The van der Waals surface area contributed by atoms with Gasteiger partial charge < -0.3 is 0 Å². The van der Waals surface area contributed by atoms with Crippen molar-refractivity contribution in [2.75, 3.05) is 0 Å². The van der Waals surface area contributed by atoms with Gasteiger partial charge in [0.25, 0.3) is 0 Å². The van der Waals surface area contributed by atoms with Crippen LogP contribution < -0.4 is 5.32 Å². The van der Waals surface area contributed by atoms with Crippen molar-refractivity contribution in [3.63, 3.8) is 0 Å². The van der Waals surface area contributed by atoms with Crippen LogP contribution in [0.25, 0.3) is 5.52 Å². The minimum Gasteiger partial charge on any atom is -0.296 e. The Hall–Kier alpha value is -1.69. The Morgan fingerprint density at radius 1 is 1.39 bits per heavy atom. The molecule has 1 fully saturated rings. The van der Waals surface area contributed by atoms with Crippen molar-refractivity contribution in [3.8, 4) is 0 Å². The number of hydrogen-bond donors (Lipinski definition) is 1. The molecule has 3 rings (SSSR count). The van der Waals surface area contributed by atoms with E-state index in [4.69, 9.17) is 0 Å². The molecule has 0 aliphatic carbocycles. The number of pyridine rings is 1. The van der Waals surface area contributed by atoms with Crippen LogP contribution in [0.15, 0.2) is 29.0 Å². The average molecular weight is 308 g/mol. The normalized spacial score (nSPS) is 20.2. The molecule has 0 saturated carbocycles. The second kappa shape index (κ2) is 4.20. The van der Waals surface area contributed by atoms with Gasteiger partial charge in [-0.15, -0.1) is 0 Å². The first-order chi connectivity index (χ1) is 8.65. The van der Waals surface area contributed by atoms with Crippen LogP contribution in [-0.4, -0.2) is 21.4 Å². The average Bonchev–Trinajstić information content (AvgIpc) is 2.72.